The van der Waals surface area contributed by atoms with E-state index in [2.05, 4.69) is 5.32 Å². The second kappa shape index (κ2) is 6.33. The third kappa shape index (κ3) is 3.92. The van der Waals surface area contributed by atoms with Gasteiger partial charge in [0.1, 0.15) is 0 Å². The minimum Gasteiger partial charge on any atom is -0.381 e. The Hall–Kier alpha value is -0.160. The van der Waals surface area contributed by atoms with E-state index >= 15 is 0 Å². The van der Waals surface area contributed by atoms with E-state index in [0.29, 0.717) is 18.3 Å². The average molecular weight is 255 g/mol. The lowest BCUT2D eigenvalue weighted by molar-refractivity contribution is -0.0732. The summed E-state index contributed by atoms with van der Waals surface area (Å²) in [7, 11) is 0. The summed E-state index contributed by atoms with van der Waals surface area (Å²) in [5.41, 5.74) is 0. The molecule has 1 N–H and O–H groups in total. The van der Waals surface area contributed by atoms with Gasteiger partial charge in [0.2, 0.25) is 0 Å². The molecule has 0 aromatic carbocycles. The Balaban J connectivity index is 1.29. The highest BCUT2D eigenvalue weighted by Crippen LogP contribution is 2.23. The average Bonchev–Trinajstić information content (AvgIpc) is 3.14. The lowest BCUT2D eigenvalue weighted by Crippen LogP contribution is -2.30. The van der Waals surface area contributed by atoms with Gasteiger partial charge in [-0.1, -0.05) is 0 Å². The monoisotopic (exact) mass is 255 g/mol. The Labute approximate surface area is 109 Å². The Morgan fingerprint density at radius 3 is 2.50 bits per heavy atom. The normalized spacial score (nSPS) is 34.0. The van der Waals surface area contributed by atoms with Crippen molar-refractivity contribution in [2.45, 2.75) is 62.9 Å². The van der Waals surface area contributed by atoms with Gasteiger partial charge >= 0.3 is 0 Å². The van der Waals surface area contributed by atoms with E-state index in [1.54, 1.807) is 0 Å². The van der Waals surface area contributed by atoms with Crippen LogP contribution in [0.5, 0.6) is 0 Å². The highest BCUT2D eigenvalue weighted by atomic mass is 16.6. The summed E-state index contributed by atoms with van der Waals surface area (Å²) < 4.78 is 17.3. The predicted octanol–water partition coefficient (Wildman–Crippen LogP) is 1.48. The molecule has 0 aromatic heterocycles. The summed E-state index contributed by atoms with van der Waals surface area (Å²) in [6.07, 6.45) is 8.24. The molecule has 4 heteroatoms. The lowest BCUT2D eigenvalue weighted by atomic mass is 10.1. The van der Waals surface area contributed by atoms with Gasteiger partial charge in [0.05, 0.1) is 24.9 Å². The van der Waals surface area contributed by atoms with Crippen LogP contribution < -0.4 is 5.32 Å². The Morgan fingerprint density at radius 2 is 1.72 bits per heavy atom. The van der Waals surface area contributed by atoms with Crippen LogP contribution in [0.25, 0.3) is 0 Å². The Morgan fingerprint density at radius 1 is 0.944 bits per heavy atom. The van der Waals surface area contributed by atoms with Crippen LogP contribution in [0.2, 0.25) is 0 Å². The molecule has 1 aliphatic carbocycles. The van der Waals surface area contributed by atoms with Gasteiger partial charge in [0.25, 0.3) is 0 Å². The Kier molecular flexibility index (Phi) is 4.52. The van der Waals surface area contributed by atoms with Crippen LogP contribution in [-0.4, -0.2) is 50.7 Å². The van der Waals surface area contributed by atoms with Crippen molar-refractivity contribution >= 4 is 0 Å². The fourth-order valence-electron chi connectivity index (χ4n) is 2.72. The summed E-state index contributed by atoms with van der Waals surface area (Å²) in [5, 5.41) is 3.54. The number of rotatable bonds is 6. The van der Waals surface area contributed by atoms with Crippen molar-refractivity contribution in [3.05, 3.63) is 0 Å². The molecule has 1 saturated carbocycles. The van der Waals surface area contributed by atoms with E-state index in [1.807, 2.05) is 0 Å². The summed E-state index contributed by atoms with van der Waals surface area (Å²) in [5.74, 6) is 0. The molecule has 3 rings (SSSR count). The minimum atomic E-state index is 0.318. The zero-order valence-electron chi connectivity index (χ0n) is 11.1. The maximum absolute atomic E-state index is 6.01. The van der Waals surface area contributed by atoms with E-state index in [1.165, 1.54) is 19.3 Å². The molecule has 3 aliphatic rings. The molecule has 2 heterocycles. The molecular weight excluding hydrogens is 230 g/mol. The molecule has 2 unspecified atom stereocenters. The molecule has 2 aliphatic heterocycles. The first-order chi connectivity index (χ1) is 8.90. The topological polar surface area (TPSA) is 39.7 Å². The second-order valence-corrected chi connectivity index (χ2v) is 5.79. The van der Waals surface area contributed by atoms with E-state index in [-0.39, 0.29) is 0 Å². The summed E-state index contributed by atoms with van der Waals surface area (Å²) in [6.45, 7) is 3.50. The standard InChI is InChI=1S/C14H25NO3/c1-2-11(1)15-9-13-3-4-14(18-13)10-17-12-5-7-16-8-6-12/h11-15H,1-10H2. The molecule has 0 amide bonds. The fraction of sp³-hybridized carbons (Fsp3) is 1.00. The van der Waals surface area contributed by atoms with Gasteiger partial charge in [-0.05, 0) is 38.5 Å². The van der Waals surface area contributed by atoms with Gasteiger partial charge in [0.15, 0.2) is 0 Å². The molecule has 18 heavy (non-hydrogen) atoms. The number of nitrogens with one attached hydrogen (secondary N) is 1. The van der Waals surface area contributed by atoms with Crippen LogP contribution in [0.3, 0.4) is 0 Å². The van der Waals surface area contributed by atoms with E-state index in [4.69, 9.17) is 14.2 Å². The highest BCUT2D eigenvalue weighted by Gasteiger charge is 2.28. The Bertz CT molecular complexity index is 251. The number of hydrogen-bond acceptors (Lipinski definition) is 4. The van der Waals surface area contributed by atoms with E-state index in [0.717, 1.165) is 51.7 Å². The molecule has 2 saturated heterocycles. The number of ether oxygens (including phenoxy) is 3. The minimum absolute atomic E-state index is 0.318. The highest BCUT2D eigenvalue weighted by molar-refractivity contribution is 4.84. The molecule has 0 radical (unpaired) electrons. The molecule has 0 aromatic rings. The van der Waals surface area contributed by atoms with Gasteiger partial charge in [0, 0.05) is 25.8 Å². The van der Waals surface area contributed by atoms with Crippen LogP contribution in [0.4, 0.5) is 0 Å². The third-order valence-corrected chi connectivity index (χ3v) is 4.09. The first-order valence-corrected chi connectivity index (χ1v) is 7.48. The fourth-order valence-corrected chi connectivity index (χ4v) is 2.72. The summed E-state index contributed by atoms with van der Waals surface area (Å²) in [4.78, 5) is 0. The van der Waals surface area contributed by atoms with Crippen molar-refractivity contribution in [2.24, 2.45) is 0 Å². The second-order valence-electron chi connectivity index (χ2n) is 5.79. The van der Waals surface area contributed by atoms with Crippen molar-refractivity contribution in [1.82, 2.24) is 5.32 Å². The molecule has 3 fully saturated rings. The SMILES string of the molecule is C1CC(OCC2CCC(CNC3CC3)O2)CCO1. The largest absolute Gasteiger partial charge is 0.381 e. The summed E-state index contributed by atoms with van der Waals surface area (Å²) >= 11 is 0. The van der Waals surface area contributed by atoms with E-state index < -0.39 is 0 Å². The van der Waals surface area contributed by atoms with E-state index in [9.17, 15) is 0 Å². The zero-order valence-corrected chi connectivity index (χ0v) is 11.1. The molecule has 2 atom stereocenters. The van der Waals surface area contributed by atoms with Crippen LogP contribution in [0.1, 0.15) is 38.5 Å². The van der Waals surface area contributed by atoms with Gasteiger partial charge in [-0.25, -0.2) is 0 Å². The predicted molar refractivity (Wildman–Crippen MR) is 68.7 cm³/mol. The molecular formula is C14H25NO3. The molecule has 0 bridgehead atoms. The van der Waals surface area contributed by atoms with Crippen molar-refractivity contribution in [3.8, 4) is 0 Å². The van der Waals surface area contributed by atoms with Crippen LogP contribution in [0.15, 0.2) is 0 Å². The van der Waals surface area contributed by atoms with Gasteiger partial charge in [-0.2, -0.15) is 0 Å². The molecule has 0 spiro atoms. The first-order valence-electron chi connectivity index (χ1n) is 7.48. The zero-order chi connectivity index (χ0) is 12.2. The van der Waals surface area contributed by atoms with Crippen LogP contribution in [-0.2, 0) is 14.2 Å². The first kappa shape index (κ1) is 12.9. The van der Waals surface area contributed by atoms with Gasteiger partial charge < -0.3 is 19.5 Å². The number of hydrogen-bond donors (Lipinski definition) is 1. The summed E-state index contributed by atoms with van der Waals surface area (Å²) in [6, 6.07) is 0.783. The molecule has 104 valence electrons. The molecule has 4 nitrogen and oxygen atoms in total. The maximum Gasteiger partial charge on any atom is 0.0814 e. The van der Waals surface area contributed by atoms with Crippen LogP contribution in [0, 0.1) is 0 Å². The van der Waals surface area contributed by atoms with Crippen molar-refractivity contribution in [1.29, 1.82) is 0 Å². The van der Waals surface area contributed by atoms with Crippen molar-refractivity contribution in [2.75, 3.05) is 26.4 Å². The smallest absolute Gasteiger partial charge is 0.0814 e. The van der Waals surface area contributed by atoms with Gasteiger partial charge in [-0.3, -0.25) is 0 Å². The van der Waals surface area contributed by atoms with Gasteiger partial charge in [-0.15, -0.1) is 0 Å². The lowest BCUT2D eigenvalue weighted by Gasteiger charge is -2.24. The van der Waals surface area contributed by atoms with Crippen molar-refractivity contribution in [3.63, 3.8) is 0 Å². The van der Waals surface area contributed by atoms with Crippen LogP contribution >= 0.6 is 0 Å². The third-order valence-electron chi connectivity index (χ3n) is 4.09. The van der Waals surface area contributed by atoms with Crippen molar-refractivity contribution < 1.29 is 14.2 Å². The maximum atomic E-state index is 6.01. The quantitative estimate of drug-likeness (QED) is 0.780.